The van der Waals surface area contributed by atoms with Crippen LogP contribution in [0.3, 0.4) is 0 Å². The number of hydrogen-bond donors (Lipinski definition) is 1. The van der Waals surface area contributed by atoms with Gasteiger partial charge in [-0.3, -0.25) is 9.59 Å². The van der Waals surface area contributed by atoms with Crippen molar-refractivity contribution in [2.24, 2.45) is 11.3 Å². The molecule has 0 bridgehead atoms. The maximum Gasteiger partial charge on any atom is 0.220 e. The minimum Gasteiger partial charge on any atom is -0.347 e. The summed E-state index contributed by atoms with van der Waals surface area (Å²) in [5.41, 5.74) is -0.165. The van der Waals surface area contributed by atoms with E-state index in [9.17, 15) is 14.4 Å². The normalized spacial score (nSPS) is 20.2. The van der Waals surface area contributed by atoms with Crippen LogP contribution in [0.25, 0.3) is 0 Å². The van der Waals surface area contributed by atoms with Gasteiger partial charge in [-0.2, -0.15) is 0 Å². The summed E-state index contributed by atoms with van der Waals surface area (Å²) in [6.45, 7) is 5.53. The molecule has 1 rings (SSSR count). The van der Waals surface area contributed by atoms with Crippen LogP contribution in [0.2, 0.25) is 0 Å². The fourth-order valence-electron chi connectivity index (χ4n) is 1.97. The van der Waals surface area contributed by atoms with Gasteiger partial charge in [0.15, 0.2) is 0 Å². The van der Waals surface area contributed by atoms with Crippen molar-refractivity contribution in [3.05, 3.63) is 0 Å². The highest BCUT2D eigenvalue weighted by atomic mass is 16.2. The SMILES string of the molecule is CCC(=O)NC(C=O)CC(C)C(=O)C1(C)CC1. The molecule has 0 aromatic carbocycles. The quantitative estimate of drug-likeness (QED) is 0.684. The molecule has 0 heterocycles. The molecule has 0 aliphatic heterocycles. The Morgan fingerprint density at radius 1 is 1.41 bits per heavy atom. The number of Topliss-reactive ketones (excluding diaryl/α,β-unsaturated/α-hetero) is 1. The van der Waals surface area contributed by atoms with Gasteiger partial charge in [0.25, 0.3) is 0 Å². The Balaban J connectivity index is 2.47. The first kappa shape index (κ1) is 13.9. The van der Waals surface area contributed by atoms with E-state index < -0.39 is 6.04 Å². The average Bonchev–Trinajstić information content (AvgIpc) is 3.06. The maximum atomic E-state index is 12.0. The first-order valence-corrected chi connectivity index (χ1v) is 6.22. The highest BCUT2D eigenvalue weighted by Crippen LogP contribution is 2.47. The lowest BCUT2D eigenvalue weighted by molar-refractivity contribution is -0.129. The van der Waals surface area contributed by atoms with Gasteiger partial charge in [-0.1, -0.05) is 20.8 Å². The van der Waals surface area contributed by atoms with Crippen LogP contribution in [0, 0.1) is 11.3 Å². The van der Waals surface area contributed by atoms with Gasteiger partial charge < -0.3 is 10.1 Å². The summed E-state index contributed by atoms with van der Waals surface area (Å²) >= 11 is 0. The van der Waals surface area contributed by atoms with E-state index in [-0.39, 0.29) is 23.0 Å². The monoisotopic (exact) mass is 239 g/mol. The van der Waals surface area contributed by atoms with Crippen LogP contribution < -0.4 is 5.32 Å². The van der Waals surface area contributed by atoms with Crippen molar-refractivity contribution >= 4 is 18.0 Å². The molecular formula is C13H21NO3. The second-order valence-corrected chi connectivity index (χ2v) is 5.23. The first-order valence-electron chi connectivity index (χ1n) is 6.22. The van der Waals surface area contributed by atoms with Crippen molar-refractivity contribution in [1.29, 1.82) is 0 Å². The van der Waals surface area contributed by atoms with E-state index in [1.807, 2.05) is 13.8 Å². The summed E-state index contributed by atoms with van der Waals surface area (Å²) in [6, 6.07) is -0.538. The number of aldehydes is 1. The lowest BCUT2D eigenvalue weighted by Gasteiger charge is -2.19. The Kier molecular flexibility index (Phi) is 4.43. The zero-order valence-electron chi connectivity index (χ0n) is 10.8. The fraction of sp³-hybridized carbons (Fsp3) is 0.769. The van der Waals surface area contributed by atoms with Gasteiger partial charge in [0.1, 0.15) is 12.1 Å². The molecule has 0 spiro atoms. The minimum absolute atomic E-state index is 0.153. The molecule has 96 valence electrons. The molecule has 0 radical (unpaired) electrons. The second kappa shape index (κ2) is 5.43. The molecule has 2 unspecified atom stereocenters. The maximum absolute atomic E-state index is 12.0. The predicted octanol–water partition coefficient (Wildman–Crippen LogP) is 1.48. The Labute approximate surface area is 102 Å². The van der Waals surface area contributed by atoms with Crippen molar-refractivity contribution in [3.8, 4) is 0 Å². The molecule has 1 N–H and O–H groups in total. The fourth-order valence-corrected chi connectivity index (χ4v) is 1.97. The van der Waals surface area contributed by atoms with Gasteiger partial charge in [-0.15, -0.1) is 0 Å². The van der Waals surface area contributed by atoms with Crippen LogP contribution in [0.4, 0.5) is 0 Å². The zero-order chi connectivity index (χ0) is 13.1. The van der Waals surface area contributed by atoms with Crippen molar-refractivity contribution in [2.75, 3.05) is 0 Å². The Morgan fingerprint density at radius 2 is 2.00 bits per heavy atom. The molecule has 0 saturated heterocycles. The van der Waals surface area contributed by atoms with E-state index in [2.05, 4.69) is 5.32 Å². The van der Waals surface area contributed by atoms with Gasteiger partial charge in [0.05, 0.1) is 6.04 Å². The van der Waals surface area contributed by atoms with E-state index in [1.54, 1.807) is 6.92 Å². The average molecular weight is 239 g/mol. The molecule has 1 amide bonds. The molecule has 1 aliphatic rings. The number of carbonyl (C=O) groups excluding carboxylic acids is 3. The summed E-state index contributed by atoms with van der Waals surface area (Å²) in [6.07, 6.45) is 3.37. The smallest absolute Gasteiger partial charge is 0.220 e. The third-order valence-electron chi connectivity index (χ3n) is 3.48. The van der Waals surface area contributed by atoms with Crippen LogP contribution in [0.5, 0.6) is 0 Å². The molecule has 1 aliphatic carbocycles. The van der Waals surface area contributed by atoms with E-state index in [1.165, 1.54) is 0 Å². The van der Waals surface area contributed by atoms with Crippen molar-refractivity contribution in [1.82, 2.24) is 5.32 Å². The number of hydrogen-bond acceptors (Lipinski definition) is 3. The van der Waals surface area contributed by atoms with Crippen molar-refractivity contribution < 1.29 is 14.4 Å². The van der Waals surface area contributed by atoms with Crippen LogP contribution >= 0.6 is 0 Å². The Hall–Kier alpha value is -1.19. The van der Waals surface area contributed by atoms with Crippen molar-refractivity contribution in [3.63, 3.8) is 0 Å². The lowest BCUT2D eigenvalue weighted by atomic mass is 9.88. The van der Waals surface area contributed by atoms with Crippen LogP contribution in [-0.4, -0.2) is 24.0 Å². The lowest BCUT2D eigenvalue weighted by Crippen LogP contribution is -2.38. The van der Waals surface area contributed by atoms with E-state index in [4.69, 9.17) is 0 Å². The zero-order valence-corrected chi connectivity index (χ0v) is 10.8. The third kappa shape index (κ3) is 3.65. The Bertz CT molecular complexity index is 321. The van der Waals surface area contributed by atoms with Crippen molar-refractivity contribution in [2.45, 2.75) is 52.5 Å². The van der Waals surface area contributed by atoms with Crippen LogP contribution in [0.15, 0.2) is 0 Å². The van der Waals surface area contributed by atoms with Crippen LogP contribution in [-0.2, 0) is 14.4 Å². The molecule has 4 heteroatoms. The molecule has 4 nitrogen and oxygen atoms in total. The van der Waals surface area contributed by atoms with E-state index in [0.29, 0.717) is 19.1 Å². The Morgan fingerprint density at radius 3 is 2.41 bits per heavy atom. The molecule has 1 fully saturated rings. The number of rotatable bonds is 7. The van der Waals surface area contributed by atoms with Gasteiger partial charge in [-0.25, -0.2) is 0 Å². The number of amides is 1. The third-order valence-corrected chi connectivity index (χ3v) is 3.48. The van der Waals surface area contributed by atoms with Gasteiger partial charge >= 0.3 is 0 Å². The summed E-state index contributed by atoms with van der Waals surface area (Å²) in [5.74, 6) is -0.107. The molecule has 2 atom stereocenters. The van der Waals surface area contributed by atoms with E-state index >= 15 is 0 Å². The molecular weight excluding hydrogens is 218 g/mol. The second-order valence-electron chi connectivity index (χ2n) is 5.23. The molecule has 0 aromatic rings. The topological polar surface area (TPSA) is 63.2 Å². The van der Waals surface area contributed by atoms with Gasteiger partial charge in [0, 0.05) is 17.8 Å². The number of nitrogens with one attached hydrogen (secondary N) is 1. The minimum atomic E-state index is -0.538. The van der Waals surface area contributed by atoms with Gasteiger partial charge in [-0.05, 0) is 19.3 Å². The highest BCUT2D eigenvalue weighted by molar-refractivity contribution is 5.89. The van der Waals surface area contributed by atoms with E-state index in [0.717, 1.165) is 12.8 Å². The standard InChI is InChI=1S/C13H21NO3/c1-4-11(16)14-10(8-15)7-9(2)12(17)13(3)5-6-13/h8-10H,4-7H2,1-3H3,(H,14,16). The highest BCUT2D eigenvalue weighted by Gasteiger charge is 2.46. The van der Waals surface area contributed by atoms with Crippen LogP contribution in [0.1, 0.15) is 46.5 Å². The summed E-state index contributed by atoms with van der Waals surface area (Å²) in [7, 11) is 0. The summed E-state index contributed by atoms with van der Waals surface area (Å²) in [4.78, 5) is 34.0. The predicted molar refractivity (Wildman–Crippen MR) is 64.4 cm³/mol. The largest absolute Gasteiger partial charge is 0.347 e. The number of carbonyl (C=O) groups is 3. The van der Waals surface area contributed by atoms with Gasteiger partial charge in [0.2, 0.25) is 5.91 Å². The first-order chi connectivity index (χ1) is 7.92. The number of ketones is 1. The molecule has 0 aromatic heterocycles. The molecule has 1 saturated carbocycles. The summed E-state index contributed by atoms with van der Waals surface area (Å²) in [5, 5.41) is 2.61. The molecule has 17 heavy (non-hydrogen) atoms. The summed E-state index contributed by atoms with van der Waals surface area (Å²) < 4.78 is 0.